The highest BCUT2D eigenvalue weighted by Gasteiger charge is 2.34. The van der Waals surface area contributed by atoms with Gasteiger partial charge in [-0.1, -0.05) is 43.6 Å². The highest BCUT2D eigenvalue weighted by Crippen LogP contribution is 2.33. The van der Waals surface area contributed by atoms with Gasteiger partial charge in [0.2, 0.25) is 0 Å². The third kappa shape index (κ3) is 3.96. The van der Waals surface area contributed by atoms with Crippen LogP contribution in [0.2, 0.25) is 5.02 Å². The summed E-state index contributed by atoms with van der Waals surface area (Å²) in [6.07, 6.45) is 0. The van der Waals surface area contributed by atoms with E-state index in [2.05, 4.69) is 0 Å². The predicted molar refractivity (Wildman–Crippen MR) is 98.7 cm³/mol. The van der Waals surface area contributed by atoms with E-state index in [1.807, 2.05) is 13.8 Å². The van der Waals surface area contributed by atoms with Gasteiger partial charge in [-0.25, -0.2) is 13.2 Å². The molecule has 5 nitrogen and oxygen atoms in total. The molecule has 0 radical (unpaired) electrons. The van der Waals surface area contributed by atoms with Gasteiger partial charge in [0.1, 0.15) is 6.04 Å². The quantitative estimate of drug-likeness (QED) is 0.816. The number of carboxylic acids is 1. The van der Waals surface area contributed by atoms with Gasteiger partial charge in [0.25, 0.3) is 10.0 Å². The number of sulfonamides is 1. The fourth-order valence-corrected chi connectivity index (χ4v) is 4.31. The Balaban J connectivity index is 2.70. The molecule has 134 valence electrons. The highest BCUT2D eigenvalue weighted by molar-refractivity contribution is 7.93. The summed E-state index contributed by atoms with van der Waals surface area (Å²) in [5.74, 6) is -1.20. The molecule has 0 amide bonds. The maximum Gasteiger partial charge on any atom is 0.327 e. The van der Waals surface area contributed by atoms with Crippen molar-refractivity contribution in [3.05, 3.63) is 59.1 Å². The van der Waals surface area contributed by atoms with Crippen molar-refractivity contribution in [3.8, 4) is 0 Å². The molecule has 0 aromatic heterocycles. The molecule has 1 atom stereocenters. The Morgan fingerprint density at radius 3 is 2.12 bits per heavy atom. The second kappa shape index (κ2) is 7.45. The number of carboxylic acid groups (broad SMARTS) is 1. The van der Waals surface area contributed by atoms with Gasteiger partial charge in [0.05, 0.1) is 10.6 Å². The molecule has 0 saturated heterocycles. The number of hydrogen-bond donors (Lipinski definition) is 1. The van der Waals surface area contributed by atoms with Crippen molar-refractivity contribution in [1.82, 2.24) is 0 Å². The number of halogens is 1. The Bertz CT molecular complexity index is 863. The third-order valence-corrected chi connectivity index (χ3v) is 6.03. The molecule has 0 spiro atoms. The molecule has 2 aromatic rings. The van der Waals surface area contributed by atoms with Crippen LogP contribution < -0.4 is 4.31 Å². The Hall–Kier alpha value is -2.05. The molecule has 2 aromatic carbocycles. The van der Waals surface area contributed by atoms with E-state index >= 15 is 0 Å². The van der Waals surface area contributed by atoms with Gasteiger partial charge in [0.15, 0.2) is 0 Å². The van der Waals surface area contributed by atoms with E-state index in [0.717, 1.165) is 9.87 Å². The molecular weight excluding hydrogens is 362 g/mol. The average molecular weight is 382 g/mol. The smallest absolute Gasteiger partial charge is 0.327 e. The Morgan fingerprint density at radius 1 is 1.04 bits per heavy atom. The van der Waals surface area contributed by atoms with Crippen molar-refractivity contribution in [2.75, 3.05) is 4.31 Å². The molecule has 0 aliphatic heterocycles. The first kappa shape index (κ1) is 19.3. The molecule has 0 fully saturated rings. The number of rotatable bonds is 6. The zero-order valence-corrected chi connectivity index (χ0v) is 15.8. The summed E-state index contributed by atoms with van der Waals surface area (Å²) in [6.45, 7) is 5.21. The second-order valence-electron chi connectivity index (χ2n) is 5.98. The van der Waals surface area contributed by atoms with E-state index in [1.54, 1.807) is 24.3 Å². The van der Waals surface area contributed by atoms with E-state index in [0.29, 0.717) is 10.7 Å². The summed E-state index contributed by atoms with van der Waals surface area (Å²) in [5.41, 5.74) is 1.12. The lowest BCUT2D eigenvalue weighted by Gasteiger charge is -2.30. The molecule has 0 aliphatic carbocycles. The summed E-state index contributed by atoms with van der Waals surface area (Å²) in [7, 11) is -4.08. The van der Waals surface area contributed by atoms with Crippen LogP contribution in [0.5, 0.6) is 0 Å². The van der Waals surface area contributed by atoms with Crippen LogP contribution in [0, 0.1) is 0 Å². The molecule has 2 rings (SSSR count). The van der Waals surface area contributed by atoms with E-state index in [1.165, 1.54) is 31.2 Å². The SMILES string of the molecule is CC(C)c1ccccc1N(C(C)C(=O)O)S(=O)(=O)c1ccc(Cl)cc1. The minimum Gasteiger partial charge on any atom is -0.480 e. The standard InChI is InChI=1S/C18H20ClNO4S/c1-12(2)16-6-4-5-7-17(16)20(13(3)18(21)22)25(23,24)15-10-8-14(19)9-11-15/h4-13H,1-3H3,(H,21,22). The zero-order valence-electron chi connectivity index (χ0n) is 14.2. The molecular formula is C18H20ClNO4S. The number of aliphatic carboxylic acids is 1. The molecule has 7 heteroatoms. The van der Waals surface area contributed by atoms with E-state index in [9.17, 15) is 18.3 Å². The number of anilines is 1. The Labute approximate surface area is 152 Å². The maximum absolute atomic E-state index is 13.2. The van der Waals surface area contributed by atoms with Gasteiger partial charge in [-0.15, -0.1) is 0 Å². The normalized spacial score (nSPS) is 12.8. The summed E-state index contributed by atoms with van der Waals surface area (Å²) in [6, 6.07) is 11.3. The van der Waals surface area contributed by atoms with Crippen molar-refractivity contribution in [1.29, 1.82) is 0 Å². The second-order valence-corrected chi connectivity index (χ2v) is 8.23. The topological polar surface area (TPSA) is 74.7 Å². The van der Waals surface area contributed by atoms with Crippen LogP contribution in [0.1, 0.15) is 32.3 Å². The third-order valence-electron chi connectivity index (χ3n) is 3.88. The minimum atomic E-state index is -4.08. The van der Waals surface area contributed by atoms with Crippen LogP contribution in [0.3, 0.4) is 0 Å². The van der Waals surface area contributed by atoms with E-state index in [-0.39, 0.29) is 10.8 Å². The summed E-state index contributed by atoms with van der Waals surface area (Å²) < 4.78 is 27.3. The van der Waals surface area contributed by atoms with Gasteiger partial charge < -0.3 is 5.11 Å². The first-order chi connectivity index (χ1) is 11.7. The largest absolute Gasteiger partial charge is 0.480 e. The summed E-state index contributed by atoms with van der Waals surface area (Å²) in [4.78, 5) is 11.6. The fraction of sp³-hybridized carbons (Fsp3) is 0.278. The number of nitrogens with zero attached hydrogens (tertiary/aromatic N) is 1. The van der Waals surface area contributed by atoms with Gasteiger partial charge in [-0.2, -0.15) is 0 Å². The monoisotopic (exact) mass is 381 g/mol. The number of benzene rings is 2. The molecule has 0 saturated carbocycles. The van der Waals surface area contributed by atoms with Crippen LogP contribution in [-0.2, 0) is 14.8 Å². The number of para-hydroxylation sites is 1. The Kier molecular flexibility index (Phi) is 5.75. The van der Waals surface area contributed by atoms with Gasteiger partial charge >= 0.3 is 5.97 Å². The van der Waals surface area contributed by atoms with E-state index < -0.39 is 22.0 Å². The predicted octanol–water partition coefficient (Wildman–Crippen LogP) is 4.13. The van der Waals surface area contributed by atoms with Crippen LogP contribution in [0.4, 0.5) is 5.69 Å². The molecule has 0 aliphatic rings. The van der Waals surface area contributed by atoms with Crippen LogP contribution in [0.25, 0.3) is 0 Å². The first-order valence-corrected chi connectivity index (χ1v) is 9.59. The fourth-order valence-electron chi connectivity index (χ4n) is 2.54. The van der Waals surface area contributed by atoms with Gasteiger partial charge in [-0.05, 0) is 48.7 Å². The molecule has 0 bridgehead atoms. The average Bonchev–Trinajstić information content (AvgIpc) is 2.55. The summed E-state index contributed by atoms with van der Waals surface area (Å²) >= 11 is 5.84. The van der Waals surface area contributed by atoms with Crippen molar-refractivity contribution < 1.29 is 18.3 Å². The number of carbonyl (C=O) groups is 1. The highest BCUT2D eigenvalue weighted by atomic mass is 35.5. The maximum atomic E-state index is 13.2. The van der Waals surface area contributed by atoms with Crippen molar-refractivity contribution in [2.45, 2.75) is 37.6 Å². The molecule has 1 N–H and O–H groups in total. The summed E-state index contributed by atoms with van der Waals surface area (Å²) in [5, 5.41) is 9.87. The molecule has 0 heterocycles. The molecule has 1 unspecified atom stereocenters. The lowest BCUT2D eigenvalue weighted by atomic mass is 10.0. The van der Waals surface area contributed by atoms with Crippen LogP contribution in [-0.4, -0.2) is 25.5 Å². The van der Waals surface area contributed by atoms with Crippen molar-refractivity contribution >= 4 is 33.3 Å². The van der Waals surface area contributed by atoms with Crippen LogP contribution >= 0.6 is 11.6 Å². The van der Waals surface area contributed by atoms with Crippen molar-refractivity contribution in [2.24, 2.45) is 0 Å². The Morgan fingerprint density at radius 2 is 1.60 bits per heavy atom. The lowest BCUT2D eigenvalue weighted by Crippen LogP contribution is -2.44. The van der Waals surface area contributed by atoms with Gasteiger partial charge in [0, 0.05) is 5.02 Å². The van der Waals surface area contributed by atoms with Crippen LogP contribution in [0.15, 0.2) is 53.4 Å². The lowest BCUT2D eigenvalue weighted by molar-refractivity contribution is -0.137. The minimum absolute atomic E-state index is 0.0106. The first-order valence-electron chi connectivity index (χ1n) is 7.78. The molecule has 25 heavy (non-hydrogen) atoms. The van der Waals surface area contributed by atoms with Gasteiger partial charge in [-0.3, -0.25) is 4.31 Å². The zero-order chi connectivity index (χ0) is 18.8. The van der Waals surface area contributed by atoms with Crippen molar-refractivity contribution in [3.63, 3.8) is 0 Å². The van der Waals surface area contributed by atoms with E-state index in [4.69, 9.17) is 11.6 Å². The number of hydrogen-bond acceptors (Lipinski definition) is 3.